The smallest absolute Gasteiger partial charge is 0.275 e. The third-order valence-electron chi connectivity index (χ3n) is 3.78. The van der Waals surface area contributed by atoms with E-state index in [0.29, 0.717) is 23.9 Å². The monoisotopic (exact) mass is 305 g/mol. The molecule has 110 valence electrons. The Balaban J connectivity index is 2.11. The number of aromatic nitrogens is 2. The van der Waals surface area contributed by atoms with E-state index in [1.165, 1.54) is 0 Å². The topological polar surface area (TPSA) is 58.2 Å². The van der Waals surface area contributed by atoms with E-state index in [9.17, 15) is 4.79 Å². The molecule has 1 N–H and O–H groups in total. The summed E-state index contributed by atoms with van der Waals surface area (Å²) in [5, 5.41) is 7.68. The Kier molecular flexibility index (Phi) is 3.69. The molecule has 1 aromatic carbocycles. The SMILES string of the molecule is COCCN1C(=O)c2n[nH]c(C)c2[C@H]1c1ccccc1Cl. The summed E-state index contributed by atoms with van der Waals surface area (Å²) in [7, 11) is 1.62. The van der Waals surface area contributed by atoms with Crippen molar-refractivity contribution in [1.82, 2.24) is 15.1 Å². The minimum Gasteiger partial charge on any atom is -0.383 e. The molecule has 0 aliphatic carbocycles. The number of H-pyrrole nitrogens is 1. The van der Waals surface area contributed by atoms with E-state index in [0.717, 1.165) is 16.8 Å². The first kappa shape index (κ1) is 14.1. The van der Waals surface area contributed by atoms with Crippen LogP contribution in [0.25, 0.3) is 0 Å². The Labute approximate surface area is 127 Å². The molecule has 1 aliphatic heterocycles. The quantitative estimate of drug-likeness (QED) is 0.944. The van der Waals surface area contributed by atoms with Gasteiger partial charge < -0.3 is 9.64 Å². The summed E-state index contributed by atoms with van der Waals surface area (Å²) >= 11 is 6.34. The van der Waals surface area contributed by atoms with Crippen LogP contribution in [0.15, 0.2) is 24.3 Å². The first-order chi connectivity index (χ1) is 10.1. The number of carbonyl (C=O) groups excluding carboxylic acids is 1. The van der Waals surface area contributed by atoms with E-state index in [1.54, 1.807) is 12.0 Å². The Morgan fingerprint density at radius 2 is 2.19 bits per heavy atom. The van der Waals surface area contributed by atoms with Crippen molar-refractivity contribution in [1.29, 1.82) is 0 Å². The lowest BCUT2D eigenvalue weighted by molar-refractivity contribution is 0.0677. The van der Waals surface area contributed by atoms with Gasteiger partial charge in [-0.25, -0.2) is 0 Å². The van der Waals surface area contributed by atoms with Crippen LogP contribution < -0.4 is 0 Å². The maximum absolute atomic E-state index is 12.6. The fourth-order valence-corrected chi connectivity index (χ4v) is 3.02. The highest BCUT2D eigenvalue weighted by Gasteiger charge is 2.41. The number of carbonyl (C=O) groups is 1. The van der Waals surface area contributed by atoms with E-state index in [2.05, 4.69) is 10.2 Å². The molecule has 0 saturated heterocycles. The van der Waals surface area contributed by atoms with Gasteiger partial charge in [0, 0.05) is 29.9 Å². The second-order valence-electron chi connectivity index (χ2n) is 5.03. The van der Waals surface area contributed by atoms with Crippen LogP contribution in [0.5, 0.6) is 0 Å². The number of fused-ring (bicyclic) bond motifs is 1. The molecule has 6 heteroatoms. The van der Waals surface area contributed by atoms with Crippen LogP contribution >= 0.6 is 11.6 Å². The minimum absolute atomic E-state index is 0.0867. The van der Waals surface area contributed by atoms with Gasteiger partial charge in [-0.3, -0.25) is 9.89 Å². The molecule has 0 saturated carbocycles. The van der Waals surface area contributed by atoms with Crippen LogP contribution in [-0.2, 0) is 4.74 Å². The van der Waals surface area contributed by atoms with Gasteiger partial charge in [0.15, 0.2) is 5.69 Å². The van der Waals surface area contributed by atoms with Gasteiger partial charge in [0.25, 0.3) is 5.91 Å². The molecule has 1 amide bonds. The molecule has 3 rings (SSSR count). The maximum Gasteiger partial charge on any atom is 0.275 e. The summed E-state index contributed by atoms with van der Waals surface area (Å²) in [5.41, 5.74) is 3.19. The predicted octanol–water partition coefficient (Wildman–Crippen LogP) is 2.56. The third-order valence-corrected chi connectivity index (χ3v) is 4.12. The molecule has 0 unspecified atom stereocenters. The number of amides is 1. The van der Waals surface area contributed by atoms with Crippen molar-refractivity contribution >= 4 is 17.5 Å². The van der Waals surface area contributed by atoms with Crippen molar-refractivity contribution < 1.29 is 9.53 Å². The van der Waals surface area contributed by atoms with Gasteiger partial charge in [0.05, 0.1) is 12.6 Å². The summed E-state index contributed by atoms with van der Waals surface area (Å²) in [4.78, 5) is 14.3. The van der Waals surface area contributed by atoms with Gasteiger partial charge in [-0.05, 0) is 18.6 Å². The van der Waals surface area contributed by atoms with E-state index < -0.39 is 0 Å². The van der Waals surface area contributed by atoms with Gasteiger partial charge in [-0.15, -0.1) is 0 Å². The van der Waals surface area contributed by atoms with Gasteiger partial charge in [0.2, 0.25) is 0 Å². The molecule has 0 fully saturated rings. The number of benzene rings is 1. The summed E-state index contributed by atoms with van der Waals surface area (Å²) < 4.78 is 5.12. The van der Waals surface area contributed by atoms with Crippen molar-refractivity contribution in [3.05, 3.63) is 51.8 Å². The van der Waals surface area contributed by atoms with Crippen molar-refractivity contribution in [2.24, 2.45) is 0 Å². The van der Waals surface area contributed by atoms with Crippen LogP contribution in [0.2, 0.25) is 5.02 Å². The summed E-state index contributed by atoms with van der Waals surface area (Å²) in [5.74, 6) is -0.0867. The number of rotatable bonds is 4. The zero-order valence-corrected chi connectivity index (χ0v) is 12.6. The Morgan fingerprint density at radius 1 is 1.43 bits per heavy atom. The predicted molar refractivity (Wildman–Crippen MR) is 79.5 cm³/mol. The second kappa shape index (κ2) is 5.50. The number of nitrogens with zero attached hydrogens (tertiary/aromatic N) is 2. The van der Waals surface area contributed by atoms with Crippen LogP contribution in [0.1, 0.15) is 33.4 Å². The number of aryl methyl sites for hydroxylation is 1. The van der Waals surface area contributed by atoms with Crippen molar-refractivity contribution in [2.75, 3.05) is 20.3 Å². The van der Waals surface area contributed by atoms with Crippen LogP contribution in [-0.4, -0.2) is 41.3 Å². The highest BCUT2D eigenvalue weighted by atomic mass is 35.5. The molecule has 5 nitrogen and oxygen atoms in total. The molecule has 2 aromatic rings. The summed E-state index contributed by atoms with van der Waals surface area (Å²) in [6.45, 7) is 2.89. The first-order valence-electron chi connectivity index (χ1n) is 6.74. The number of ether oxygens (including phenoxy) is 1. The fraction of sp³-hybridized carbons (Fsp3) is 0.333. The highest BCUT2D eigenvalue weighted by molar-refractivity contribution is 6.31. The zero-order valence-electron chi connectivity index (χ0n) is 11.9. The number of nitrogens with one attached hydrogen (secondary N) is 1. The number of hydrogen-bond acceptors (Lipinski definition) is 3. The lowest BCUT2D eigenvalue weighted by Gasteiger charge is -2.26. The molecular weight excluding hydrogens is 290 g/mol. The minimum atomic E-state index is -0.213. The molecule has 1 atom stereocenters. The van der Waals surface area contributed by atoms with E-state index in [-0.39, 0.29) is 11.9 Å². The lowest BCUT2D eigenvalue weighted by atomic mass is 9.99. The molecule has 1 aliphatic rings. The van der Waals surface area contributed by atoms with E-state index in [1.807, 2.05) is 31.2 Å². The van der Waals surface area contributed by atoms with Crippen LogP contribution in [0.4, 0.5) is 0 Å². The molecular formula is C15H16ClN3O2. The number of aromatic amines is 1. The van der Waals surface area contributed by atoms with E-state index >= 15 is 0 Å². The van der Waals surface area contributed by atoms with Crippen molar-refractivity contribution in [3.63, 3.8) is 0 Å². The summed E-state index contributed by atoms with van der Waals surface area (Å²) in [6, 6.07) is 7.37. The van der Waals surface area contributed by atoms with Crippen LogP contribution in [0, 0.1) is 6.92 Å². The second-order valence-corrected chi connectivity index (χ2v) is 5.43. The molecule has 0 spiro atoms. The normalized spacial score (nSPS) is 17.4. The summed E-state index contributed by atoms with van der Waals surface area (Å²) in [6.07, 6.45) is 0. The first-order valence-corrected chi connectivity index (χ1v) is 7.12. The maximum atomic E-state index is 12.6. The molecule has 2 heterocycles. The lowest BCUT2D eigenvalue weighted by Crippen LogP contribution is -2.32. The third kappa shape index (κ3) is 2.22. The standard InChI is InChI=1S/C15H16ClN3O2/c1-9-12-13(18-17-9)15(20)19(7-8-21-2)14(12)10-5-3-4-6-11(10)16/h3-6,14H,7-8H2,1-2H3,(H,17,18)/t14-/m1/s1. The van der Waals surface area contributed by atoms with Crippen molar-refractivity contribution in [3.8, 4) is 0 Å². The molecule has 21 heavy (non-hydrogen) atoms. The van der Waals surface area contributed by atoms with Crippen molar-refractivity contribution in [2.45, 2.75) is 13.0 Å². The van der Waals surface area contributed by atoms with Crippen LogP contribution in [0.3, 0.4) is 0 Å². The average Bonchev–Trinajstić information content (AvgIpc) is 2.97. The Bertz CT molecular complexity index is 683. The Hall–Kier alpha value is -1.85. The molecule has 0 radical (unpaired) electrons. The number of methoxy groups -OCH3 is 1. The van der Waals surface area contributed by atoms with Gasteiger partial charge in [-0.2, -0.15) is 5.10 Å². The molecule has 1 aromatic heterocycles. The Morgan fingerprint density at radius 3 is 2.90 bits per heavy atom. The highest BCUT2D eigenvalue weighted by Crippen LogP contribution is 2.41. The van der Waals surface area contributed by atoms with Gasteiger partial charge in [0.1, 0.15) is 0 Å². The fourth-order valence-electron chi connectivity index (χ4n) is 2.79. The van der Waals surface area contributed by atoms with Gasteiger partial charge >= 0.3 is 0 Å². The number of halogens is 1. The van der Waals surface area contributed by atoms with Gasteiger partial charge in [-0.1, -0.05) is 29.8 Å². The molecule has 0 bridgehead atoms. The zero-order chi connectivity index (χ0) is 15.0. The van der Waals surface area contributed by atoms with E-state index in [4.69, 9.17) is 16.3 Å². The largest absolute Gasteiger partial charge is 0.383 e. The number of hydrogen-bond donors (Lipinski definition) is 1. The average molecular weight is 306 g/mol.